The average molecular weight is 279 g/mol. The maximum atomic E-state index is 6.12. The molecule has 0 aliphatic carbocycles. The van der Waals surface area contributed by atoms with Crippen molar-refractivity contribution in [3.63, 3.8) is 0 Å². The molecule has 0 spiro atoms. The fourth-order valence-corrected chi connectivity index (χ4v) is 3.43. The largest absolute Gasteiger partial charge is 0.329 e. The van der Waals surface area contributed by atoms with E-state index in [4.69, 9.17) is 5.73 Å². The zero-order valence-corrected chi connectivity index (χ0v) is 13.3. The maximum absolute atomic E-state index is 6.12. The molecule has 1 aliphatic heterocycles. The first-order valence-corrected chi connectivity index (χ1v) is 7.69. The van der Waals surface area contributed by atoms with E-state index in [9.17, 15) is 0 Å². The van der Waals surface area contributed by atoms with Crippen molar-refractivity contribution in [1.82, 2.24) is 19.6 Å². The lowest BCUT2D eigenvalue weighted by Gasteiger charge is -2.33. The molecule has 5 nitrogen and oxygen atoms in total. The smallest absolute Gasteiger partial charge is 0.0670 e. The van der Waals surface area contributed by atoms with Crippen LogP contribution in [0.25, 0.3) is 0 Å². The van der Waals surface area contributed by atoms with Gasteiger partial charge >= 0.3 is 0 Å². The summed E-state index contributed by atoms with van der Waals surface area (Å²) in [7, 11) is 6.29. The fraction of sp³-hybridized carbons (Fsp3) is 0.800. The highest BCUT2D eigenvalue weighted by Gasteiger charge is 2.32. The fourth-order valence-electron chi connectivity index (χ4n) is 3.43. The van der Waals surface area contributed by atoms with Crippen molar-refractivity contribution in [2.75, 3.05) is 33.7 Å². The number of aromatic nitrogens is 2. The molecular formula is C15H29N5. The summed E-state index contributed by atoms with van der Waals surface area (Å²) >= 11 is 0. The van der Waals surface area contributed by atoms with Crippen LogP contribution in [0.5, 0.6) is 0 Å². The van der Waals surface area contributed by atoms with E-state index in [1.54, 1.807) is 0 Å². The number of likely N-dealkylation sites (N-methyl/N-ethyl adjacent to an activating group) is 1. The minimum absolute atomic E-state index is 0.311. The van der Waals surface area contributed by atoms with Crippen molar-refractivity contribution in [1.29, 1.82) is 0 Å². The monoisotopic (exact) mass is 279 g/mol. The van der Waals surface area contributed by atoms with Gasteiger partial charge in [-0.2, -0.15) is 5.10 Å². The summed E-state index contributed by atoms with van der Waals surface area (Å²) in [4.78, 5) is 4.87. The van der Waals surface area contributed by atoms with E-state index in [2.05, 4.69) is 42.1 Å². The van der Waals surface area contributed by atoms with Crippen molar-refractivity contribution < 1.29 is 0 Å². The van der Waals surface area contributed by atoms with Gasteiger partial charge in [-0.25, -0.2) is 0 Å². The molecule has 2 rings (SSSR count). The summed E-state index contributed by atoms with van der Waals surface area (Å²) in [6.45, 7) is 5.10. The third-order valence-corrected chi connectivity index (χ3v) is 4.25. The van der Waals surface area contributed by atoms with Crippen LogP contribution >= 0.6 is 0 Å². The third kappa shape index (κ3) is 3.22. The highest BCUT2D eigenvalue weighted by Crippen LogP contribution is 2.30. The molecule has 2 N–H and O–H groups in total. The zero-order chi connectivity index (χ0) is 14.7. The zero-order valence-electron chi connectivity index (χ0n) is 13.3. The highest BCUT2D eigenvalue weighted by atomic mass is 15.3. The molecular weight excluding hydrogens is 250 g/mol. The summed E-state index contributed by atoms with van der Waals surface area (Å²) in [5, 5.41) is 4.58. The number of hydrogen-bond donors (Lipinski definition) is 1. The van der Waals surface area contributed by atoms with Crippen molar-refractivity contribution in [3.8, 4) is 0 Å². The predicted molar refractivity (Wildman–Crippen MR) is 82.7 cm³/mol. The highest BCUT2D eigenvalue weighted by molar-refractivity contribution is 5.22. The Bertz CT molecular complexity index is 426. The van der Waals surface area contributed by atoms with Crippen LogP contribution in [-0.4, -0.2) is 59.4 Å². The molecule has 0 amide bonds. The number of aryl methyl sites for hydroxylation is 2. The standard InChI is InChI=1S/C15H29N5/c1-5-14-13(11-19(4)17-14)15(9-16)20-8-6-7-12(20)10-18(2)3/h11-12,15H,5-10,16H2,1-4H3. The van der Waals surface area contributed by atoms with Crippen LogP contribution in [0.1, 0.15) is 37.1 Å². The molecule has 1 saturated heterocycles. The average Bonchev–Trinajstić information content (AvgIpc) is 2.98. The SMILES string of the molecule is CCc1nn(C)cc1C(CN)N1CCCC1CN(C)C. The van der Waals surface area contributed by atoms with Gasteiger partial charge in [0, 0.05) is 37.9 Å². The minimum Gasteiger partial charge on any atom is -0.329 e. The normalized spacial score (nSPS) is 21.8. The van der Waals surface area contributed by atoms with E-state index in [1.165, 1.54) is 24.1 Å². The predicted octanol–water partition coefficient (Wildman–Crippen LogP) is 1.01. The Morgan fingerprint density at radius 3 is 2.85 bits per heavy atom. The van der Waals surface area contributed by atoms with Crippen molar-refractivity contribution in [3.05, 3.63) is 17.5 Å². The number of rotatable bonds is 6. The van der Waals surface area contributed by atoms with Crippen LogP contribution in [0, 0.1) is 0 Å². The quantitative estimate of drug-likeness (QED) is 0.844. The van der Waals surface area contributed by atoms with Crippen LogP contribution in [0.2, 0.25) is 0 Å². The van der Waals surface area contributed by atoms with Crippen molar-refractivity contribution in [2.45, 2.75) is 38.3 Å². The van der Waals surface area contributed by atoms with Gasteiger partial charge in [-0.15, -0.1) is 0 Å². The molecule has 1 aromatic heterocycles. The molecule has 2 unspecified atom stereocenters. The molecule has 2 heterocycles. The lowest BCUT2D eigenvalue weighted by Crippen LogP contribution is -2.42. The molecule has 114 valence electrons. The molecule has 0 radical (unpaired) electrons. The number of hydrogen-bond acceptors (Lipinski definition) is 4. The number of nitrogens with two attached hydrogens (primary N) is 1. The van der Waals surface area contributed by atoms with E-state index >= 15 is 0 Å². The first-order valence-electron chi connectivity index (χ1n) is 7.69. The van der Waals surface area contributed by atoms with E-state index in [0.717, 1.165) is 19.5 Å². The van der Waals surface area contributed by atoms with Gasteiger partial charge in [0.25, 0.3) is 0 Å². The topological polar surface area (TPSA) is 50.3 Å². The third-order valence-electron chi connectivity index (χ3n) is 4.25. The van der Waals surface area contributed by atoms with Gasteiger partial charge in [0.05, 0.1) is 11.7 Å². The van der Waals surface area contributed by atoms with Crippen molar-refractivity contribution in [2.24, 2.45) is 12.8 Å². The summed E-state index contributed by atoms with van der Waals surface area (Å²) in [5.74, 6) is 0. The summed E-state index contributed by atoms with van der Waals surface area (Å²) in [6, 6.07) is 0.926. The van der Waals surface area contributed by atoms with Gasteiger partial charge in [-0.1, -0.05) is 6.92 Å². The first kappa shape index (κ1) is 15.5. The Labute approximate surface area is 122 Å². The summed E-state index contributed by atoms with van der Waals surface area (Å²) < 4.78 is 1.92. The van der Waals surface area contributed by atoms with E-state index in [0.29, 0.717) is 18.6 Å². The summed E-state index contributed by atoms with van der Waals surface area (Å²) in [6.07, 6.45) is 5.67. The molecule has 1 aromatic rings. The second-order valence-electron chi connectivity index (χ2n) is 6.11. The number of nitrogens with zero attached hydrogens (tertiary/aromatic N) is 4. The Morgan fingerprint density at radius 1 is 1.50 bits per heavy atom. The van der Waals surface area contributed by atoms with Gasteiger partial charge in [0.1, 0.15) is 0 Å². The molecule has 5 heteroatoms. The Morgan fingerprint density at radius 2 is 2.25 bits per heavy atom. The van der Waals surface area contributed by atoms with E-state index in [1.807, 2.05) is 11.7 Å². The van der Waals surface area contributed by atoms with E-state index < -0.39 is 0 Å². The van der Waals surface area contributed by atoms with Gasteiger partial charge in [0.15, 0.2) is 0 Å². The maximum Gasteiger partial charge on any atom is 0.0670 e. The lowest BCUT2D eigenvalue weighted by molar-refractivity contribution is 0.155. The second kappa shape index (κ2) is 6.70. The van der Waals surface area contributed by atoms with Crippen LogP contribution in [0.3, 0.4) is 0 Å². The van der Waals surface area contributed by atoms with Gasteiger partial charge in [-0.3, -0.25) is 9.58 Å². The Balaban J connectivity index is 2.22. The second-order valence-corrected chi connectivity index (χ2v) is 6.11. The van der Waals surface area contributed by atoms with Gasteiger partial charge in [0.2, 0.25) is 0 Å². The Kier molecular flexibility index (Phi) is 5.18. The van der Waals surface area contributed by atoms with Crippen LogP contribution < -0.4 is 5.73 Å². The molecule has 20 heavy (non-hydrogen) atoms. The lowest BCUT2D eigenvalue weighted by atomic mass is 10.0. The number of likely N-dealkylation sites (tertiary alicyclic amines) is 1. The molecule has 1 aliphatic rings. The van der Waals surface area contributed by atoms with Crippen molar-refractivity contribution >= 4 is 0 Å². The minimum atomic E-state index is 0.311. The Hall–Kier alpha value is -0.910. The van der Waals surface area contributed by atoms with Crippen LogP contribution in [-0.2, 0) is 13.5 Å². The molecule has 1 fully saturated rings. The van der Waals surface area contributed by atoms with Crippen LogP contribution in [0.15, 0.2) is 6.20 Å². The molecule has 0 saturated carbocycles. The van der Waals surface area contributed by atoms with E-state index in [-0.39, 0.29) is 0 Å². The first-order chi connectivity index (χ1) is 9.56. The van der Waals surface area contributed by atoms with Gasteiger partial charge < -0.3 is 10.6 Å². The molecule has 2 atom stereocenters. The van der Waals surface area contributed by atoms with Crippen LogP contribution in [0.4, 0.5) is 0 Å². The molecule has 0 aromatic carbocycles. The summed E-state index contributed by atoms with van der Waals surface area (Å²) in [5.41, 5.74) is 8.63. The molecule has 0 bridgehead atoms. The van der Waals surface area contributed by atoms with Gasteiger partial charge in [-0.05, 0) is 39.9 Å².